The highest BCUT2D eigenvalue weighted by molar-refractivity contribution is 7.89. The van der Waals surface area contributed by atoms with Crippen LogP contribution in [0.4, 0.5) is 4.39 Å². The molecule has 0 bridgehead atoms. The number of carbonyl (C=O) groups excluding carboxylic acids is 1. The summed E-state index contributed by atoms with van der Waals surface area (Å²) in [4.78, 5) is 12.2. The first-order valence-electron chi connectivity index (χ1n) is 7.97. The van der Waals surface area contributed by atoms with Gasteiger partial charge < -0.3 is 5.32 Å². The zero-order chi connectivity index (χ0) is 18.4. The van der Waals surface area contributed by atoms with E-state index in [2.05, 4.69) is 10.0 Å². The first-order chi connectivity index (χ1) is 11.8. The normalized spacial score (nSPS) is 12.6. The maximum atomic E-state index is 13.5. The summed E-state index contributed by atoms with van der Waals surface area (Å²) in [5.74, 6) is -0.789. The van der Waals surface area contributed by atoms with Crippen molar-refractivity contribution in [1.29, 1.82) is 0 Å². The van der Waals surface area contributed by atoms with E-state index >= 15 is 0 Å². The van der Waals surface area contributed by atoms with E-state index in [1.807, 2.05) is 6.92 Å². The van der Waals surface area contributed by atoms with Crippen molar-refractivity contribution in [2.45, 2.75) is 37.8 Å². The maximum absolute atomic E-state index is 13.5. The number of sulfonamides is 1. The lowest BCUT2D eigenvalue weighted by atomic mass is 10.2. The van der Waals surface area contributed by atoms with Crippen molar-refractivity contribution in [3.63, 3.8) is 0 Å². The van der Waals surface area contributed by atoms with Crippen LogP contribution in [0.2, 0.25) is 0 Å². The molecule has 0 aliphatic heterocycles. The third-order valence-electron chi connectivity index (χ3n) is 3.79. The molecule has 5 nitrogen and oxygen atoms in total. The molecule has 7 heteroatoms. The Balaban J connectivity index is 2.04. The molecule has 0 aliphatic carbocycles. The van der Waals surface area contributed by atoms with Gasteiger partial charge in [-0.25, -0.2) is 17.5 Å². The van der Waals surface area contributed by atoms with Gasteiger partial charge in [0.15, 0.2) is 0 Å². The number of hydrogen-bond donors (Lipinski definition) is 2. The third kappa shape index (κ3) is 5.11. The minimum absolute atomic E-state index is 0.0567. The molecule has 0 heterocycles. The highest BCUT2D eigenvalue weighted by Crippen LogP contribution is 2.12. The van der Waals surface area contributed by atoms with Crippen LogP contribution in [0.5, 0.6) is 0 Å². The van der Waals surface area contributed by atoms with Crippen molar-refractivity contribution in [3.05, 3.63) is 65.5 Å². The van der Waals surface area contributed by atoms with E-state index < -0.39 is 15.9 Å². The van der Waals surface area contributed by atoms with Crippen LogP contribution in [-0.4, -0.2) is 20.4 Å². The Hall–Kier alpha value is -2.25. The van der Waals surface area contributed by atoms with Crippen molar-refractivity contribution in [2.75, 3.05) is 0 Å². The fourth-order valence-electron chi connectivity index (χ4n) is 2.12. The van der Waals surface area contributed by atoms with E-state index in [9.17, 15) is 17.6 Å². The summed E-state index contributed by atoms with van der Waals surface area (Å²) in [5.41, 5.74) is 0.687. The zero-order valence-corrected chi connectivity index (χ0v) is 14.9. The number of carbonyl (C=O) groups is 1. The van der Waals surface area contributed by atoms with Gasteiger partial charge in [-0.1, -0.05) is 25.1 Å². The van der Waals surface area contributed by atoms with Gasteiger partial charge >= 0.3 is 0 Å². The summed E-state index contributed by atoms with van der Waals surface area (Å²) in [7, 11) is -3.61. The molecular formula is C18H21FN2O3S. The maximum Gasteiger partial charge on any atom is 0.251 e. The van der Waals surface area contributed by atoms with Crippen LogP contribution in [0.15, 0.2) is 53.4 Å². The van der Waals surface area contributed by atoms with E-state index in [1.165, 1.54) is 30.3 Å². The fraction of sp³-hybridized carbons (Fsp3) is 0.278. The van der Waals surface area contributed by atoms with Gasteiger partial charge in [0, 0.05) is 23.7 Å². The molecule has 0 saturated heterocycles. The van der Waals surface area contributed by atoms with E-state index in [4.69, 9.17) is 0 Å². The van der Waals surface area contributed by atoms with Crippen LogP contribution in [0.3, 0.4) is 0 Å². The Labute approximate surface area is 147 Å². The molecule has 0 aromatic heterocycles. The molecule has 0 fully saturated rings. The second-order valence-corrected chi connectivity index (χ2v) is 7.44. The van der Waals surface area contributed by atoms with Gasteiger partial charge in [0.05, 0.1) is 4.90 Å². The van der Waals surface area contributed by atoms with Crippen LogP contribution < -0.4 is 10.0 Å². The number of hydrogen-bond acceptors (Lipinski definition) is 3. The van der Waals surface area contributed by atoms with Crippen LogP contribution in [0.25, 0.3) is 0 Å². The van der Waals surface area contributed by atoms with Crippen molar-refractivity contribution < 1.29 is 17.6 Å². The molecule has 0 saturated carbocycles. The third-order valence-corrected chi connectivity index (χ3v) is 5.40. The SMILES string of the molecule is CCC(C)NS(=O)(=O)c1ccc(C(=O)NCc2ccccc2F)cc1. The largest absolute Gasteiger partial charge is 0.348 e. The number of rotatable bonds is 7. The Kier molecular flexibility index (Phi) is 6.27. The molecule has 2 rings (SSSR count). The van der Waals surface area contributed by atoms with E-state index in [-0.39, 0.29) is 23.3 Å². The standard InChI is InChI=1S/C18H21FN2O3S/c1-3-13(2)21-25(23,24)16-10-8-14(9-11-16)18(22)20-12-15-6-4-5-7-17(15)19/h4-11,13,21H,3,12H2,1-2H3,(H,20,22). The Morgan fingerprint density at radius 2 is 1.76 bits per heavy atom. The average Bonchev–Trinajstić information content (AvgIpc) is 2.60. The molecule has 2 aromatic carbocycles. The van der Waals surface area contributed by atoms with Gasteiger partial charge in [0.2, 0.25) is 10.0 Å². The molecular weight excluding hydrogens is 343 g/mol. The van der Waals surface area contributed by atoms with Gasteiger partial charge in [-0.15, -0.1) is 0 Å². The van der Waals surface area contributed by atoms with Gasteiger partial charge in [-0.05, 0) is 43.7 Å². The predicted octanol–water partition coefficient (Wildman–Crippen LogP) is 2.83. The second kappa shape index (κ2) is 8.22. The first kappa shape index (κ1) is 19.1. The summed E-state index contributed by atoms with van der Waals surface area (Å²) in [6.45, 7) is 3.72. The van der Waals surface area contributed by atoms with Crippen molar-refractivity contribution in [3.8, 4) is 0 Å². The Morgan fingerprint density at radius 1 is 1.12 bits per heavy atom. The predicted molar refractivity (Wildman–Crippen MR) is 94.1 cm³/mol. The molecule has 2 N–H and O–H groups in total. The van der Waals surface area contributed by atoms with Crippen LogP contribution in [0.1, 0.15) is 36.2 Å². The summed E-state index contributed by atoms with van der Waals surface area (Å²) in [6.07, 6.45) is 0.676. The molecule has 0 spiro atoms. The lowest BCUT2D eigenvalue weighted by molar-refractivity contribution is 0.0950. The van der Waals surface area contributed by atoms with Gasteiger partial charge in [0.25, 0.3) is 5.91 Å². The Bertz CT molecular complexity index is 836. The number of amides is 1. The Morgan fingerprint density at radius 3 is 2.36 bits per heavy atom. The minimum Gasteiger partial charge on any atom is -0.348 e. The number of halogens is 1. The van der Waals surface area contributed by atoms with E-state index in [0.29, 0.717) is 17.5 Å². The highest BCUT2D eigenvalue weighted by Gasteiger charge is 2.17. The molecule has 1 amide bonds. The molecule has 25 heavy (non-hydrogen) atoms. The van der Waals surface area contributed by atoms with Gasteiger partial charge in [-0.2, -0.15) is 0 Å². The molecule has 1 unspecified atom stereocenters. The van der Waals surface area contributed by atoms with Crippen molar-refractivity contribution in [1.82, 2.24) is 10.0 Å². The lowest BCUT2D eigenvalue weighted by Gasteiger charge is -2.12. The molecule has 0 aliphatic rings. The summed E-state index contributed by atoms with van der Waals surface area (Å²) >= 11 is 0. The quantitative estimate of drug-likeness (QED) is 0.793. The fourth-order valence-corrected chi connectivity index (χ4v) is 3.45. The number of benzene rings is 2. The van der Waals surface area contributed by atoms with Gasteiger partial charge in [0.1, 0.15) is 5.82 Å². The summed E-state index contributed by atoms with van der Waals surface area (Å²) in [5, 5.41) is 2.61. The second-order valence-electron chi connectivity index (χ2n) is 5.73. The van der Waals surface area contributed by atoms with Crippen molar-refractivity contribution in [2.24, 2.45) is 0 Å². The molecule has 2 aromatic rings. The summed E-state index contributed by atoms with van der Waals surface area (Å²) < 4.78 is 40.4. The molecule has 0 radical (unpaired) electrons. The van der Waals surface area contributed by atoms with Crippen LogP contribution >= 0.6 is 0 Å². The van der Waals surface area contributed by atoms with Crippen LogP contribution in [-0.2, 0) is 16.6 Å². The molecule has 134 valence electrons. The smallest absolute Gasteiger partial charge is 0.251 e. The lowest BCUT2D eigenvalue weighted by Crippen LogP contribution is -2.32. The number of nitrogens with one attached hydrogen (secondary N) is 2. The van der Waals surface area contributed by atoms with Crippen molar-refractivity contribution >= 4 is 15.9 Å². The van der Waals surface area contributed by atoms with E-state index in [0.717, 1.165) is 0 Å². The van der Waals surface area contributed by atoms with Crippen LogP contribution in [0, 0.1) is 5.82 Å². The minimum atomic E-state index is -3.61. The monoisotopic (exact) mass is 364 g/mol. The van der Waals surface area contributed by atoms with Gasteiger partial charge in [-0.3, -0.25) is 4.79 Å². The average molecular weight is 364 g/mol. The first-order valence-corrected chi connectivity index (χ1v) is 9.46. The topological polar surface area (TPSA) is 75.3 Å². The summed E-state index contributed by atoms with van der Waals surface area (Å²) in [6, 6.07) is 11.6. The zero-order valence-electron chi connectivity index (χ0n) is 14.1. The van der Waals surface area contributed by atoms with E-state index in [1.54, 1.807) is 25.1 Å². The highest BCUT2D eigenvalue weighted by atomic mass is 32.2. The molecule has 1 atom stereocenters.